The number of carbonyl (C=O) groups excluding carboxylic acids is 2. The average Bonchev–Trinajstić information content (AvgIpc) is 2.29. The van der Waals surface area contributed by atoms with Crippen molar-refractivity contribution in [3.8, 4) is 0 Å². The lowest BCUT2D eigenvalue weighted by molar-refractivity contribution is -0.139. The van der Waals surface area contributed by atoms with Crippen molar-refractivity contribution in [1.29, 1.82) is 0 Å². The fourth-order valence-electron chi connectivity index (χ4n) is 1.98. The normalized spacial score (nSPS) is 20.1. The van der Waals surface area contributed by atoms with E-state index in [1.54, 1.807) is 6.92 Å². The third kappa shape index (κ3) is 4.98. The average molecular weight is 259 g/mol. The number of esters is 1. The summed E-state index contributed by atoms with van der Waals surface area (Å²) in [5, 5.41) is 0. The van der Waals surface area contributed by atoms with E-state index in [1.807, 2.05) is 4.90 Å². The molecule has 0 bridgehead atoms. The third-order valence-corrected chi connectivity index (χ3v) is 3.76. The summed E-state index contributed by atoms with van der Waals surface area (Å²) in [6.45, 7) is 5.13. The molecule has 5 heteroatoms. The molecule has 1 rings (SSSR count). The Bertz CT molecular complexity index is 270. The third-order valence-electron chi connectivity index (χ3n) is 2.87. The minimum absolute atomic E-state index is 0.145. The highest BCUT2D eigenvalue weighted by atomic mass is 32.2. The van der Waals surface area contributed by atoms with Crippen molar-refractivity contribution in [1.82, 2.24) is 4.90 Å². The summed E-state index contributed by atoms with van der Waals surface area (Å²) in [5.74, 6) is 0.550. The van der Waals surface area contributed by atoms with Gasteiger partial charge in [-0.25, -0.2) is 0 Å². The van der Waals surface area contributed by atoms with Crippen molar-refractivity contribution in [2.24, 2.45) is 0 Å². The summed E-state index contributed by atoms with van der Waals surface area (Å²) in [7, 11) is 0. The maximum absolute atomic E-state index is 11.9. The SMILES string of the molecule is CCOC(=O)CSCC(=O)N1CCCCC1C. The molecule has 1 atom stereocenters. The van der Waals surface area contributed by atoms with Crippen LogP contribution in [0.1, 0.15) is 33.1 Å². The van der Waals surface area contributed by atoms with Gasteiger partial charge < -0.3 is 9.64 Å². The standard InChI is InChI=1S/C12H21NO3S/c1-3-16-12(15)9-17-8-11(14)13-7-5-4-6-10(13)2/h10H,3-9H2,1-2H3. The molecule has 0 N–H and O–H groups in total. The molecular weight excluding hydrogens is 238 g/mol. The Morgan fingerprint density at radius 3 is 2.76 bits per heavy atom. The van der Waals surface area contributed by atoms with E-state index in [1.165, 1.54) is 18.2 Å². The number of amides is 1. The van der Waals surface area contributed by atoms with E-state index in [-0.39, 0.29) is 17.6 Å². The number of nitrogens with zero attached hydrogens (tertiary/aromatic N) is 1. The van der Waals surface area contributed by atoms with Crippen LogP contribution in [0.5, 0.6) is 0 Å². The molecule has 0 aromatic carbocycles. The Hall–Kier alpha value is -0.710. The van der Waals surface area contributed by atoms with Crippen molar-refractivity contribution in [3.63, 3.8) is 0 Å². The van der Waals surface area contributed by atoms with Crippen molar-refractivity contribution < 1.29 is 14.3 Å². The van der Waals surface area contributed by atoms with Gasteiger partial charge in [-0.15, -0.1) is 11.8 Å². The van der Waals surface area contributed by atoms with Gasteiger partial charge in [0.15, 0.2) is 0 Å². The van der Waals surface area contributed by atoms with Crippen molar-refractivity contribution in [2.45, 2.75) is 39.2 Å². The fraction of sp³-hybridized carbons (Fsp3) is 0.833. The smallest absolute Gasteiger partial charge is 0.315 e. The van der Waals surface area contributed by atoms with Crippen LogP contribution < -0.4 is 0 Å². The molecule has 0 aromatic heterocycles. The van der Waals surface area contributed by atoms with Gasteiger partial charge in [0.05, 0.1) is 18.1 Å². The first kappa shape index (κ1) is 14.4. The van der Waals surface area contributed by atoms with Gasteiger partial charge in [0.2, 0.25) is 5.91 Å². The summed E-state index contributed by atoms with van der Waals surface area (Å²) < 4.78 is 4.81. The molecule has 0 radical (unpaired) electrons. The summed E-state index contributed by atoms with van der Waals surface area (Å²) in [6, 6.07) is 0.347. The molecule has 4 nitrogen and oxygen atoms in total. The van der Waals surface area contributed by atoms with Crippen LogP contribution >= 0.6 is 11.8 Å². The number of likely N-dealkylation sites (tertiary alicyclic amines) is 1. The number of carbonyl (C=O) groups is 2. The molecule has 1 heterocycles. The topological polar surface area (TPSA) is 46.6 Å². The largest absolute Gasteiger partial charge is 0.465 e. The molecule has 98 valence electrons. The molecule has 0 spiro atoms. The Balaban J connectivity index is 2.22. The first-order chi connectivity index (χ1) is 8.15. The van der Waals surface area contributed by atoms with Crippen LogP contribution in [0.25, 0.3) is 0 Å². The van der Waals surface area contributed by atoms with Crippen molar-refractivity contribution in [2.75, 3.05) is 24.7 Å². The highest BCUT2D eigenvalue weighted by molar-refractivity contribution is 8.00. The molecule has 0 saturated carbocycles. The van der Waals surface area contributed by atoms with Gasteiger partial charge in [0, 0.05) is 12.6 Å². The molecule has 1 fully saturated rings. The highest BCUT2D eigenvalue weighted by Gasteiger charge is 2.22. The Morgan fingerprint density at radius 1 is 1.35 bits per heavy atom. The van der Waals surface area contributed by atoms with Crippen LogP contribution in [0.15, 0.2) is 0 Å². The van der Waals surface area contributed by atoms with Gasteiger partial charge in [-0.1, -0.05) is 0 Å². The Kier molecular flexibility index (Phi) is 6.40. The number of hydrogen-bond donors (Lipinski definition) is 0. The van der Waals surface area contributed by atoms with Gasteiger partial charge in [-0.05, 0) is 33.1 Å². The second-order valence-corrected chi connectivity index (χ2v) is 5.22. The maximum Gasteiger partial charge on any atom is 0.315 e. The molecule has 0 aromatic rings. The monoisotopic (exact) mass is 259 g/mol. The number of hydrogen-bond acceptors (Lipinski definition) is 4. The van der Waals surface area contributed by atoms with E-state index in [4.69, 9.17) is 4.74 Å². The summed E-state index contributed by atoms with van der Waals surface area (Å²) in [4.78, 5) is 24.9. The quantitative estimate of drug-likeness (QED) is 0.705. The summed E-state index contributed by atoms with van der Waals surface area (Å²) in [6.07, 6.45) is 3.40. The number of thioether (sulfide) groups is 1. The first-order valence-electron chi connectivity index (χ1n) is 6.18. The molecule has 1 saturated heterocycles. The minimum atomic E-state index is -0.239. The summed E-state index contributed by atoms with van der Waals surface area (Å²) in [5.41, 5.74) is 0. The van der Waals surface area contributed by atoms with Crippen molar-refractivity contribution in [3.05, 3.63) is 0 Å². The predicted octanol–water partition coefficient (Wildman–Crippen LogP) is 1.68. The van der Waals surface area contributed by atoms with E-state index in [0.717, 1.165) is 19.4 Å². The van der Waals surface area contributed by atoms with Crippen LogP contribution in [0, 0.1) is 0 Å². The van der Waals surface area contributed by atoms with E-state index in [9.17, 15) is 9.59 Å². The van der Waals surface area contributed by atoms with E-state index >= 15 is 0 Å². The Morgan fingerprint density at radius 2 is 2.12 bits per heavy atom. The fourth-order valence-corrected chi connectivity index (χ4v) is 2.67. The lowest BCUT2D eigenvalue weighted by Gasteiger charge is -2.33. The Labute approximate surface area is 107 Å². The van der Waals surface area contributed by atoms with Crippen LogP contribution in [0.2, 0.25) is 0 Å². The maximum atomic E-state index is 11.9. The molecule has 1 aliphatic rings. The minimum Gasteiger partial charge on any atom is -0.465 e. The predicted molar refractivity (Wildman–Crippen MR) is 69.0 cm³/mol. The van der Waals surface area contributed by atoms with Crippen molar-refractivity contribution >= 4 is 23.6 Å². The molecule has 17 heavy (non-hydrogen) atoms. The molecule has 0 aliphatic carbocycles. The van der Waals surface area contributed by atoms with Gasteiger partial charge in [-0.3, -0.25) is 9.59 Å². The number of rotatable bonds is 5. The van der Waals surface area contributed by atoms with Crippen LogP contribution in [-0.2, 0) is 14.3 Å². The van der Waals surface area contributed by atoms with Gasteiger partial charge in [-0.2, -0.15) is 0 Å². The van der Waals surface area contributed by atoms with E-state index < -0.39 is 0 Å². The van der Waals surface area contributed by atoms with Gasteiger partial charge >= 0.3 is 5.97 Å². The number of ether oxygens (including phenoxy) is 1. The molecule has 1 unspecified atom stereocenters. The molecular formula is C12H21NO3S. The van der Waals surface area contributed by atoms with Crippen LogP contribution in [0.4, 0.5) is 0 Å². The van der Waals surface area contributed by atoms with Gasteiger partial charge in [0.1, 0.15) is 0 Å². The lowest BCUT2D eigenvalue weighted by Crippen LogP contribution is -2.43. The zero-order valence-electron chi connectivity index (χ0n) is 10.6. The molecule has 1 aliphatic heterocycles. The van der Waals surface area contributed by atoms with Crippen LogP contribution in [-0.4, -0.2) is 47.5 Å². The van der Waals surface area contributed by atoms with E-state index in [2.05, 4.69) is 6.92 Å². The highest BCUT2D eigenvalue weighted by Crippen LogP contribution is 2.17. The zero-order valence-corrected chi connectivity index (χ0v) is 11.4. The van der Waals surface area contributed by atoms with Gasteiger partial charge in [0.25, 0.3) is 0 Å². The van der Waals surface area contributed by atoms with Crippen LogP contribution in [0.3, 0.4) is 0 Å². The molecule has 1 amide bonds. The number of piperidine rings is 1. The van der Waals surface area contributed by atoms with E-state index in [0.29, 0.717) is 18.4 Å². The lowest BCUT2D eigenvalue weighted by atomic mass is 10.0. The second-order valence-electron chi connectivity index (χ2n) is 4.23. The second kappa shape index (κ2) is 7.58. The first-order valence-corrected chi connectivity index (χ1v) is 7.33. The summed E-state index contributed by atoms with van der Waals surface area (Å²) >= 11 is 1.34. The zero-order chi connectivity index (χ0) is 12.7.